The number of carbonyl (C=O) groups excluding carboxylic acids is 1. The monoisotopic (exact) mass is 449 g/mol. The molecule has 1 amide bonds. The number of rotatable bonds is 8. The second-order valence-corrected chi connectivity index (χ2v) is 10.1. The van der Waals surface area contributed by atoms with E-state index in [0.717, 1.165) is 5.56 Å². The Morgan fingerprint density at radius 1 is 1.13 bits per heavy atom. The van der Waals surface area contributed by atoms with Gasteiger partial charge in [-0.2, -0.15) is 4.31 Å². The number of sulfonamides is 1. The third kappa shape index (κ3) is 6.04. The van der Waals surface area contributed by atoms with Crippen LogP contribution in [0.5, 0.6) is 0 Å². The van der Waals surface area contributed by atoms with Crippen molar-refractivity contribution in [3.05, 3.63) is 70.7 Å². The lowest BCUT2D eigenvalue weighted by Gasteiger charge is -2.30. The molecule has 0 spiro atoms. The molecular formula is C22H28ClN3O3S. The molecular weight excluding hydrogens is 422 g/mol. The van der Waals surface area contributed by atoms with Gasteiger partial charge in [-0.1, -0.05) is 54.9 Å². The summed E-state index contributed by atoms with van der Waals surface area (Å²) in [4.78, 5) is 14.8. The van der Waals surface area contributed by atoms with Crippen LogP contribution in [0.3, 0.4) is 0 Å². The second-order valence-electron chi connectivity index (χ2n) is 7.54. The molecule has 8 heteroatoms. The van der Waals surface area contributed by atoms with E-state index in [1.165, 1.54) is 4.31 Å². The molecule has 1 aliphatic heterocycles. The molecule has 0 unspecified atom stereocenters. The van der Waals surface area contributed by atoms with Gasteiger partial charge in [0.15, 0.2) is 0 Å². The zero-order valence-electron chi connectivity index (χ0n) is 17.1. The molecule has 0 saturated carbocycles. The van der Waals surface area contributed by atoms with Crippen LogP contribution in [0.4, 0.5) is 0 Å². The van der Waals surface area contributed by atoms with Gasteiger partial charge in [0.25, 0.3) is 5.91 Å². The molecule has 162 valence electrons. The fraction of sp³-hybridized carbons (Fsp3) is 0.409. The van der Waals surface area contributed by atoms with Crippen LogP contribution in [-0.2, 0) is 10.0 Å². The molecule has 0 aliphatic carbocycles. The smallest absolute Gasteiger partial charge is 0.253 e. The van der Waals surface area contributed by atoms with Crippen LogP contribution in [0, 0.1) is 0 Å². The summed E-state index contributed by atoms with van der Waals surface area (Å²) < 4.78 is 27.1. The van der Waals surface area contributed by atoms with Crippen molar-refractivity contribution in [2.24, 2.45) is 0 Å². The van der Waals surface area contributed by atoms with Gasteiger partial charge in [-0.15, -0.1) is 0 Å². The van der Waals surface area contributed by atoms with Gasteiger partial charge in [0.1, 0.15) is 0 Å². The van der Waals surface area contributed by atoms with Crippen molar-refractivity contribution in [3.63, 3.8) is 0 Å². The molecule has 3 rings (SSSR count). The molecule has 0 bridgehead atoms. The van der Waals surface area contributed by atoms with Crippen molar-refractivity contribution in [1.82, 2.24) is 14.5 Å². The number of hydrogen-bond donors (Lipinski definition) is 1. The van der Waals surface area contributed by atoms with E-state index in [1.54, 1.807) is 29.2 Å². The quantitative estimate of drug-likeness (QED) is 0.672. The van der Waals surface area contributed by atoms with E-state index in [4.69, 9.17) is 11.6 Å². The lowest BCUT2D eigenvalue weighted by Crippen LogP contribution is -2.48. The highest BCUT2D eigenvalue weighted by atomic mass is 35.5. The summed E-state index contributed by atoms with van der Waals surface area (Å²) in [7, 11) is -3.43. The maximum absolute atomic E-state index is 13.2. The topological polar surface area (TPSA) is 69.7 Å². The first-order valence-corrected chi connectivity index (χ1v) is 12.1. The number of benzene rings is 2. The number of piperazine rings is 1. The van der Waals surface area contributed by atoms with Gasteiger partial charge in [0.05, 0.1) is 5.75 Å². The van der Waals surface area contributed by atoms with Gasteiger partial charge < -0.3 is 10.2 Å². The van der Waals surface area contributed by atoms with E-state index >= 15 is 0 Å². The zero-order chi connectivity index (χ0) is 21.6. The average molecular weight is 450 g/mol. The molecule has 1 fully saturated rings. The Kier molecular flexibility index (Phi) is 7.88. The van der Waals surface area contributed by atoms with Crippen LogP contribution in [0.25, 0.3) is 0 Å². The van der Waals surface area contributed by atoms with E-state index in [0.29, 0.717) is 43.3 Å². The van der Waals surface area contributed by atoms with Crippen molar-refractivity contribution >= 4 is 27.5 Å². The van der Waals surface area contributed by atoms with Crippen molar-refractivity contribution in [2.75, 3.05) is 45.0 Å². The van der Waals surface area contributed by atoms with Gasteiger partial charge in [-0.25, -0.2) is 8.42 Å². The van der Waals surface area contributed by atoms with Gasteiger partial charge in [0.2, 0.25) is 10.0 Å². The molecule has 30 heavy (non-hydrogen) atoms. The van der Waals surface area contributed by atoms with Crippen LogP contribution in [0.1, 0.15) is 28.8 Å². The number of hydrogen-bond acceptors (Lipinski definition) is 4. The fourth-order valence-electron chi connectivity index (χ4n) is 3.57. The predicted octanol–water partition coefficient (Wildman–Crippen LogP) is 2.82. The van der Waals surface area contributed by atoms with Gasteiger partial charge in [-0.3, -0.25) is 4.79 Å². The van der Waals surface area contributed by atoms with Gasteiger partial charge in [-0.05, 0) is 29.7 Å². The number of nitrogens with zero attached hydrogens (tertiary/aromatic N) is 2. The molecule has 0 radical (unpaired) electrons. The van der Waals surface area contributed by atoms with Crippen molar-refractivity contribution in [3.8, 4) is 0 Å². The van der Waals surface area contributed by atoms with Crippen LogP contribution in [0.2, 0.25) is 5.02 Å². The molecule has 1 atom stereocenters. The zero-order valence-corrected chi connectivity index (χ0v) is 18.7. The summed E-state index contributed by atoms with van der Waals surface area (Å²) in [6.45, 7) is 4.82. The van der Waals surface area contributed by atoms with Crippen molar-refractivity contribution in [2.45, 2.75) is 12.8 Å². The van der Waals surface area contributed by atoms with Crippen molar-refractivity contribution < 1.29 is 13.2 Å². The number of amides is 1. The fourth-order valence-corrected chi connectivity index (χ4v) is 5.21. The molecule has 1 heterocycles. The molecule has 2 aromatic carbocycles. The van der Waals surface area contributed by atoms with Crippen molar-refractivity contribution in [1.29, 1.82) is 0 Å². The molecule has 1 saturated heterocycles. The molecule has 1 aliphatic rings. The van der Waals surface area contributed by atoms with Crippen LogP contribution < -0.4 is 5.32 Å². The van der Waals surface area contributed by atoms with Crippen LogP contribution in [0.15, 0.2) is 54.6 Å². The number of halogens is 1. The normalized spacial score (nSPS) is 16.2. The lowest BCUT2D eigenvalue weighted by atomic mass is 10.0. The molecule has 2 aromatic rings. The molecule has 1 N–H and O–H groups in total. The first-order chi connectivity index (χ1) is 14.4. The minimum atomic E-state index is -3.43. The minimum absolute atomic E-state index is 0.0659. The Bertz CT molecular complexity index is 947. The first kappa shape index (κ1) is 22.7. The van der Waals surface area contributed by atoms with Crippen LogP contribution in [-0.4, -0.2) is 68.6 Å². The van der Waals surface area contributed by atoms with E-state index in [-0.39, 0.29) is 24.1 Å². The molecule has 0 aromatic heterocycles. The Balaban J connectivity index is 1.77. The third-order valence-corrected chi connectivity index (χ3v) is 7.40. The summed E-state index contributed by atoms with van der Waals surface area (Å²) in [5.74, 6) is -0.243. The maximum Gasteiger partial charge on any atom is 0.253 e. The summed E-state index contributed by atoms with van der Waals surface area (Å²) in [6.07, 6.45) is 0. The number of carbonyl (C=O) groups is 1. The average Bonchev–Trinajstić information content (AvgIpc) is 2.77. The highest BCUT2D eigenvalue weighted by molar-refractivity contribution is 7.89. The van der Waals surface area contributed by atoms with E-state index in [9.17, 15) is 13.2 Å². The Morgan fingerprint density at radius 2 is 1.83 bits per heavy atom. The number of nitrogens with one attached hydrogen (secondary N) is 1. The predicted molar refractivity (Wildman–Crippen MR) is 120 cm³/mol. The summed E-state index contributed by atoms with van der Waals surface area (Å²) in [6, 6.07) is 16.7. The SMILES string of the molecule is C[C@H](CN(CCS(=O)(=O)N1CCNCC1)C(=O)c1cccc(Cl)c1)c1ccccc1. The standard InChI is InChI=1S/C22H28ClN3O3S/c1-18(19-6-3-2-4-7-19)17-25(22(27)20-8-5-9-21(23)16-20)14-15-30(28,29)26-12-10-24-11-13-26/h2-9,16,18,24H,10-15,17H2,1H3/t18-/m1/s1. The largest absolute Gasteiger partial charge is 0.337 e. The summed E-state index contributed by atoms with van der Waals surface area (Å²) in [5, 5.41) is 3.63. The maximum atomic E-state index is 13.2. The highest BCUT2D eigenvalue weighted by Gasteiger charge is 2.27. The Morgan fingerprint density at radius 3 is 2.50 bits per heavy atom. The van der Waals surface area contributed by atoms with E-state index < -0.39 is 10.0 Å². The Hall–Kier alpha value is -1.93. The Labute approximate surface area is 183 Å². The van der Waals surface area contributed by atoms with E-state index in [2.05, 4.69) is 5.32 Å². The highest BCUT2D eigenvalue weighted by Crippen LogP contribution is 2.19. The van der Waals surface area contributed by atoms with Gasteiger partial charge >= 0.3 is 0 Å². The first-order valence-electron chi connectivity index (χ1n) is 10.1. The molecule has 6 nitrogen and oxygen atoms in total. The lowest BCUT2D eigenvalue weighted by molar-refractivity contribution is 0.0757. The van der Waals surface area contributed by atoms with Crippen LogP contribution >= 0.6 is 11.6 Å². The van der Waals surface area contributed by atoms with E-state index in [1.807, 2.05) is 37.3 Å². The summed E-state index contributed by atoms with van der Waals surface area (Å²) in [5.41, 5.74) is 1.56. The minimum Gasteiger partial charge on any atom is -0.337 e. The second kappa shape index (κ2) is 10.4. The van der Waals surface area contributed by atoms with Gasteiger partial charge in [0, 0.05) is 49.9 Å². The summed E-state index contributed by atoms with van der Waals surface area (Å²) >= 11 is 6.07. The third-order valence-electron chi connectivity index (χ3n) is 5.31.